The second kappa shape index (κ2) is 9.88. The van der Waals surface area contributed by atoms with E-state index in [4.69, 9.17) is 27.9 Å². The Morgan fingerprint density at radius 2 is 1.62 bits per heavy atom. The Kier molecular flexibility index (Phi) is 7.26. The molecule has 0 amide bonds. The number of ether oxygens (including phenoxy) is 1. The van der Waals surface area contributed by atoms with Gasteiger partial charge in [-0.25, -0.2) is 0 Å². The van der Waals surface area contributed by atoms with E-state index in [1.807, 2.05) is 24.3 Å². The summed E-state index contributed by atoms with van der Waals surface area (Å²) in [6.45, 7) is 0. The minimum atomic E-state index is -0.115. The number of carbonyl (C=O) groups excluding carboxylic acids is 1. The van der Waals surface area contributed by atoms with E-state index in [2.05, 4.69) is 0 Å². The fourth-order valence-corrected chi connectivity index (χ4v) is 3.84. The summed E-state index contributed by atoms with van der Waals surface area (Å²) in [6, 6.07) is 19.3. The number of thioether (sulfide) groups is 1. The number of methoxy groups -OCH3 is 1. The number of carbonyl (C=O) groups is 1. The number of halogens is 2. The van der Waals surface area contributed by atoms with Crippen molar-refractivity contribution in [2.75, 3.05) is 7.11 Å². The molecule has 0 saturated carbocycles. The molecule has 0 saturated heterocycles. The van der Waals surface area contributed by atoms with Gasteiger partial charge in [0.15, 0.2) is 17.3 Å². The van der Waals surface area contributed by atoms with Crippen LogP contribution in [0.4, 0.5) is 0 Å². The topological polar surface area (TPSA) is 46.5 Å². The van der Waals surface area contributed by atoms with Crippen molar-refractivity contribution in [2.24, 2.45) is 0 Å². The third kappa shape index (κ3) is 5.80. The highest BCUT2D eigenvalue weighted by atomic mass is 35.5. The first-order valence-electron chi connectivity index (χ1n) is 8.72. The number of phenols is 1. The number of benzene rings is 3. The quantitative estimate of drug-likeness (QED) is 0.319. The number of ketones is 1. The molecule has 29 heavy (non-hydrogen) atoms. The van der Waals surface area contributed by atoms with Crippen molar-refractivity contribution in [1.29, 1.82) is 0 Å². The molecular weight excluding hydrogens is 427 g/mol. The van der Waals surface area contributed by atoms with Gasteiger partial charge in [0, 0.05) is 21.4 Å². The summed E-state index contributed by atoms with van der Waals surface area (Å²) < 4.78 is 5.08. The summed E-state index contributed by atoms with van der Waals surface area (Å²) >= 11 is 13.3. The molecule has 0 atom stereocenters. The zero-order valence-corrected chi connectivity index (χ0v) is 17.9. The molecule has 3 aromatic carbocycles. The van der Waals surface area contributed by atoms with Gasteiger partial charge in [-0.2, -0.15) is 0 Å². The van der Waals surface area contributed by atoms with Gasteiger partial charge in [0.25, 0.3) is 0 Å². The second-order valence-electron chi connectivity index (χ2n) is 6.19. The average Bonchev–Trinajstić information content (AvgIpc) is 2.72. The smallest absolute Gasteiger partial charge is 0.199 e. The van der Waals surface area contributed by atoms with Crippen LogP contribution in [0.3, 0.4) is 0 Å². The minimum absolute atomic E-state index is 0.0160. The van der Waals surface area contributed by atoms with E-state index in [-0.39, 0.29) is 11.5 Å². The summed E-state index contributed by atoms with van der Waals surface area (Å²) in [5.41, 5.74) is 2.29. The molecule has 0 aliphatic heterocycles. The Hall–Kier alpha value is -2.40. The zero-order chi connectivity index (χ0) is 20.8. The SMILES string of the molecule is COc1ccc(C=C(SCc2ccc(Cl)cc2)C(=O)c2ccc(Cl)cc2)cc1O. The van der Waals surface area contributed by atoms with E-state index in [0.717, 1.165) is 5.56 Å². The Balaban J connectivity index is 1.91. The molecule has 1 N–H and O–H groups in total. The molecule has 0 aliphatic carbocycles. The number of hydrogen-bond donors (Lipinski definition) is 1. The molecule has 0 bridgehead atoms. The second-order valence-corrected chi connectivity index (χ2v) is 8.08. The van der Waals surface area contributed by atoms with E-state index in [0.29, 0.717) is 37.6 Å². The summed E-state index contributed by atoms with van der Waals surface area (Å²) in [4.78, 5) is 13.7. The highest BCUT2D eigenvalue weighted by Crippen LogP contribution is 2.31. The molecule has 3 nitrogen and oxygen atoms in total. The van der Waals surface area contributed by atoms with Gasteiger partial charge in [-0.15, -0.1) is 11.8 Å². The summed E-state index contributed by atoms with van der Waals surface area (Å²) in [7, 11) is 1.49. The van der Waals surface area contributed by atoms with Crippen molar-refractivity contribution in [1.82, 2.24) is 0 Å². The number of phenolic OH excluding ortho intramolecular Hbond substituents is 1. The lowest BCUT2D eigenvalue weighted by molar-refractivity contribution is 0.104. The lowest BCUT2D eigenvalue weighted by Gasteiger charge is -2.09. The van der Waals surface area contributed by atoms with Crippen LogP contribution in [0.25, 0.3) is 6.08 Å². The fraction of sp³-hybridized carbons (Fsp3) is 0.0870. The van der Waals surface area contributed by atoms with Crippen molar-refractivity contribution >= 4 is 46.8 Å². The first-order chi connectivity index (χ1) is 14.0. The average molecular weight is 445 g/mol. The zero-order valence-electron chi connectivity index (χ0n) is 15.6. The largest absolute Gasteiger partial charge is 0.504 e. The predicted molar refractivity (Wildman–Crippen MR) is 121 cm³/mol. The van der Waals surface area contributed by atoms with Crippen LogP contribution < -0.4 is 4.74 Å². The van der Waals surface area contributed by atoms with Gasteiger partial charge in [-0.1, -0.05) is 41.4 Å². The van der Waals surface area contributed by atoms with Crippen molar-refractivity contribution in [3.05, 3.63) is 98.4 Å². The van der Waals surface area contributed by atoms with E-state index >= 15 is 0 Å². The highest BCUT2D eigenvalue weighted by molar-refractivity contribution is 8.03. The Labute approximate surface area is 183 Å². The van der Waals surface area contributed by atoms with Crippen LogP contribution in [0, 0.1) is 0 Å². The van der Waals surface area contributed by atoms with Crippen LogP contribution in [0.2, 0.25) is 10.0 Å². The molecule has 0 radical (unpaired) electrons. The van der Waals surface area contributed by atoms with Gasteiger partial charge in [0.1, 0.15) is 0 Å². The summed E-state index contributed by atoms with van der Waals surface area (Å²) in [5, 5.41) is 11.3. The standard InChI is InChI=1S/C23H18Cl2O3S/c1-28-21-11-4-16(12-20(21)26)13-22(23(27)17-5-9-19(25)10-6-17)29-14-15-2-7-18(24)8-3-15/h2-13,26H,14H2,1H3. The Bertz CT molecular complexity index is 1030. The van der Waals surface area contributed by atoms with Crippen molar-refractivity contribution in [3.8, 4) is 11.5 Å². The third-order valence-corrected chi connectivity index (χ3v) is 5.73. The lowest BCUT2D eigenvalue weighted by Crippen LogP contribution is -2.01. The molecular formula is C23H18Cl2O3S. The Morgan fingerprint density at radius 3 is 2.21 bits per heavy atom. The van der Waals surface area contributed by atoms with Crippen LogP contribution in [-0.2, 0) is 5.75 Å². The van der Waals surface area contributed by atoms with Crippen molar-refractivity contribution in [2.45, 2.75) is 5.75 Å². The molecule has 6 heteroatoms. The van der Waals surface area contributed by atoms with E-state index < -0.39 is 0 Å². The number of aromatic hydroxyl groups is 1. The maximum absolute atomic E-state index is 13.1. The van der Waals surface area contributed by atoms with E-state index in [9.17, 15) is 9.90 Å². The maximum Gasteiger partial charge on any atom is 0.199 e. The molecule has 3 aromatic rings. The summed E-state index contributed by atoms with van der Waals surface area (Å²) in [6.07, 6.45) is 1.76. The van der Waals surface area contributed by atoms with Crippen LogP contribution in [0.1, 0.15) is 21.5 Å². The molecule has 148 valence electrons. The monoisotopic (exact) mass is 444 g/mol. The van der Waals surface area contributed by atoms with Gasteiger partial charge in [-0.3, -0.25) is 4.79 Å². The van der Waals surface area contributed by atoms with Crippen molar-refractivity contribution in [3.63, 3.8) is 0 Å². The normalized spacial score (nSPS) is 11.3. The van der Waals surface area contributed by atoms with Crippen LogP contribution in [0.5, 0.6) is 11.5 Å². The van der Waals surface area contributed by atoms with E-state index in [1.54, 1.807) is 48.5 Å². The highest BCUT2D eigenvalue weighted by Gasteiger charge is 2.14. The lowest BCUT2D eigenvalue weighted by atomic mass is 10.1. The van der Waals surface area contributed by atoms with Gasteiger partial charge < -0.3 is 9.84 Å². The number of rotatable bonds is 7. The number of hydrogen-bond acceptors (Lipinski definition) is 4. The summed E-state index contributed by atoms with van der Waals surface area (Å²) in [5.74, 6) is 0.879. The first-order valence-corrected chi connectivity index (χ1v) is 10.5. The molecule has 0 aromatic heterocycles. The van der Waals surface area contributed by atoms with Gasteiger partial charge in [0.05, 0.1) is 12.0 Å². The molecule has 0 unspecified atom stereocenters. The van der Waals surface area contributed by atoms with Gasteiger partial charge in [0.2, 0.25) is 0 Å². The van der Waals surface area contributed by atoms with E-state index in [1.165, 1.54) is 18.9 Å². The molecule has 0 heterocycles. The van der Waals surface area contributed by atoms with Crippen LogP contribution in [-0.4, -0.2) is 18.0 Å². The third-order valence-electron chi connectivity index (χ3n) is 4.14. The van der Waals surface area contributed by atoms with Crippen LogP contribution >= 0.6 is 35.0 Å². The number of Topliss-reactive ketones (excluding diaryl/α,β-unsaturated/α-hetero) is 1. The first kappa shape index (κ1) is 21.3. The predicted octanol–water partition coefficient (Wildman–Crippen LogP) is 6.86. The fourth-order valence-electron chi connectivity index (χ4n) is 2.61. The molecule has 0 fully saturated rings. The Morgan fingerprint density at radius 1 is 1.00 bits per heavy atom. The van der Waals surface area contributed by atoms with Gasteiger partial charge >= 0.3 is 0 Å². The maximum atomic E-state index is 13.1. The number of allylic oxidation sites excluding steroid dienone is 1. The van der Waals surface area contributed by atoms with Gasteiger partial charge in [-0.05, 0) is 65.7 Å². The molecule has 0 spiro atoms. The van der Waals surface area contributed by atoms with Crippen LogP contribution in [0.15, 0.2) is 71.6 Å². The molecule has 3 rings (SSSR count). The van der Waals surface area contributed by atoms with Crippen molar-refractivity contribution < 1.29 is 14.6 Å². The minimum Gasteiger partial charge on any atom is -0.504 e. The molecule has 0 aliphatic rings.